The molecule has 0 aromatic heterocycles. The maximum atomic E-state index is 13.1. The van der Waals surface area contributed by atoms with Crippen LogP contribution in [0.25, 0.3) is 6.08 Å². The van der Waals surface area contributed by atoms with Gasteiger partial charge in [0.2, 0.25) is 0 Å². The third-order valence-electron chi connectivity index (χ3n) is 3.24. The molecule has 0 radical (unpaired) electrons. The Hall–Kier alpha value is -2.60. The van der Waals surface area contributed by atoms with E-state index in [1.54, 1.807) is 18.2 Å². The summed E-state index contributed by atoms with van der Waals surface area (Å²) in [6.45, 7) is 0.000248. The van der Waals surface area contributed by atoms with E-state index in [4.69, 9.17) is 0 Å². The predicted octanol–water partition coefficient (Wildman–Crippen LogP) is 3.93. The van der Waals surface area contributed by atoms with Crippen molar-refractivity contribution in [2.24, 2.45) is 0 Å². The minimum Gasteiger partial charge on any atom is -0.367 e. The van der Waals surface area contributed by atoms with E-state index in [1.807, 2.05) is 30.3 Å². The highest BCUT2D eigenvalue weighted by Gasteiger charge is 2.34. The first-order chi connectivity index (χ1) is 11.1. The van der Waals surface area contributed by atoms with Crippen LogP contribution >= 0.6 is 11.8 Å². The van der Waals surface area contributed by atoms with Crippen molar-refractivity contribution < 1.29 is 14.0 Å². The third-order valence-corrected chi connectivity index (χ3v) is 4.14. The van der Waals surface area contributed by atoms with Gasteiger partial charge in [0, 0.05) is 5.69 Å². The molecule has 1 heterocycles. The number of halogens is 1. The van der Waals surface area contributed by atoms with Gasteiger partial charge in [0.15, 0.2) is 0 Å². The molecule has 116 valence electrons. The van der Waals surface area contributed by atoms with Crippen LogP contribution in [0.5, 0.6) is 0 Å². The second-order valence-corrected chi connectivity index (χ2v) is 5.86. The summed E-state index contributed by atoms with van der Waals surface area (Å²) in [6.07, 6.45) is 1.69. The topological polar surface area (TPSA) is 49.4 Å². The number of nitrogens with zero attached hydrogens (tertiary/aromatic N) is 1. The summed E-state index contributed by atoms with van der Waals surface area (Å²) in [6, 6.07) is 15.2. The summed E-state index contributed by atoms with van der Waals surface area (Å²) in [7, 11) is 0. The van der Waals surface area contributed by atoms with Crippen LogP contribution in [0, 0.1) is 5.82 Å². The van der Waals surface area contributed by atoms with Gasteiger partial charge in [-0.15, -0.1) is 0 Å². The highest BCUT2D eigenvalue weighted by molar-refractivity contribution is 8.18. The Bertz CT molecular complexity index is 777. The van der Waals surface area contributed by atoms with E-state index in [9.17, 15) is 14.0 Å². The van der Waals surface area contributed by atoms with Crippen molar-refractivity contribution in [1.29, 1.82) is 0 Å². The normalized spacial score (nSPS) is 16.2. The zero-order valence-corrected chi connectivity index (χ0v) is 12.8. The predicted molar refractivity (Wildman–Crippen MR) is 89.1 cm³/mol. The van der Waals surface area contributed by atoms with Gasteiger partial charge in [0.1, 0.15) is 5.82 Å². The molecule has 0 spiro atoms. The zero-order valence-electron chi connectivity index (χ0n) is 12.0. The molecule has 0 aliphatic carbocycles. The van der Waals surface area contributed by atoms with E-state index in [2.05, 4.69) is 5.32 Å². The lowest BCUT2D eigenvalue weighted by Gasteiger charge is -2.14. The molecule has 1 aliphatic heterocycles. The highest BCUT2D eigenvalue weighted by atomic mass is 32.2. The summed E-state index contributed by atoms with van der Waals surface area (Å²) in [5, 5.41) is 2.53. The maximum Gasteiger partial charge on any atom is 0.295 e. The summed E-state index contributed by atoms with van der Waals surface area (Å²) in [5.41, 5.74) is 1.37. The molecule has 23 heavy (non-hydrogen) atoms. The lowest BCUT2D eigenvalue weighted by Crippen LogP contribution is -2.33. The number of nitrogens with one attached hydrogen (secondary N) is 1. The first-order valence-corrected chi connectivity index (χ1v) is 7.75. The van der Waals surface area contributed by atoms with Crippen LogP contribution in [0.4, 0.5) is 14.9 Å². The van der Waals surface area contributed by atoms with Crippen molar-refractivity contribution in [2.45, 2.75) is 0 Å². The number of anilines is 1. The number of carbonyl (C=O) groups excluding carboxylic acids is 2. The second-order valence-electron chi connectivity index (χ2n) is 4.87. The van der Waals surface area contributed by atoms with E-state index < -0.39 is 0 Å². The molecular formula is C17H13FN2O2S. The molecule has 1 N–H and O–H groups in total. The summed E-state index contributed by atoms with van der Waals surface area (Å²) in [4.78, 5) is 25.8. The number of carbonyl (C=O) groups is 2. The Labute approximate surface area is 137 Å². The average Bonchev–Trinajstić information content (AvgIpc) is 2.80. The first kappa shape index (κ1) is 15.3. The van der Waals surface area contributed by atoms with Gasteiger partial charge in [-0.25, -0.2) is 4.39 Å². The fourth-order valence-electron chi connectivity index (χ4n) is 2.11. The summed E-state index contributed by atoms with van der Waals surface area (Å²) in [5.74, 6) is -0.735. The van der Waals surface area contributed by atoms with Crippen molar-refractivity contribution in [1.82, 2.24) is 4.90 Å². The van der Waals surface area contributed by atoms with Gasteiger partial charge in [-0.2, -0.15) is 0 Å². The summed E-state index contributed by atoms with van der Waals surface area (Å²) < 4.78 is 13.1. The number of hydrogen-bond donors (Lipinski definition) is 1. The maximum absolute atomic E-state index is 13.1. The molecular weight excluding hydrogens is 315 g/mol. The average molecular weight is 328 g/mol. The number of rotatable bonds is 4. The number of thioether (sulfide) groups is 1. The fourth-order valence-corrected chi connectivity index (χ4v) is 2.94. The smallest absolute Gasteiger partial charge is 0.295 e. The van der Waals surface area contributed by atoms with E-state index in [-0.39, 0.29) is 23.6 Å². The lowest BCUT2D eigenvalue weighted by molar-refractivity contribution is -0.122. The van der Waals surface area contributed by atoms with Crippen LogP contribution < -0.4 is 5.32 Å². The Morgan fingerprint density at radius 2 is 1.87 bits per heavy atom. The van der Waals surface area contributed by atoms with Gasteiger partial charge < -0.3 is 5.32 Å². The van der Waals surface area contributed by atoms with E-state index in [1.165, 1.54) is 12.1 Å². The van der Waals surface area contributed by atoms with Crippen molar-refractivity contribution in [3.05, 3.63) is 70.9 Å². The Kier molecular flexibility index (Phi) is 4.43. The molecule has 0 unspecified atom stereocenters. The fraction of sp³-hybridized carbons (Fsp3) is 0.0588. The molecule has 1 saturated heterocycles. The zero-order chi connectivity index (χ0) is 16.2. The standard InChI is InChI=1S/C17H13FN2O2S/c18-13-7-4-8-14(10-13)19-11-20-16(21)15(23-17(20)22)9-12-5-2-1-3-6-12/h1-10,19H,11H2. The minimum absolute atomic E-state index is 0.000248. The molecule has 2 aromatic carbocycles. The van der Waals surface area contributed by atoms with Gasteiger partial charge in [-0.3, -0.25) is 14.5 Å². The molecule has 1 aliphatic rings. The second kappa shape index (κ2) is 6.66. The van der Waals surface area contributed by atoms with Crippen LogP contribution in [-0.2, 0) is 4.79 Å². The van der Waals surface area contributed by atoms with Gasteiger partial charge >= 0.3 is 0 Å². The Balaban J connectivity index is 1.70. The van der Waals surface area contributed by atoms with Crippen LogP contribution in [0.15, 0.2) is 59.5 Å². The molecule has 0 saturated carbocycles. The molecule has 6 heteroatoms. The molecule has 4 nitrogen and oxygen atoms in total. The molecule has 0 bridgehead atoms. The Morgan fingerprint density at radius 3 is 2.61 bits per heavy atom. The van der Waals surface area contributed by atoms with E-state index in [0.717, 1.165) is 22.2 Å². The molecule has 0 atom stereocenters. The van der Waals surface area contributed by atoms with Crippen LogP contribution in [0.2, 0.25) is 0 Å². The third kappa shape index (κ3) is 3.60. The highest BCUT2D eigenvalue weighted by Crippen LogP contribution is 2.32. The van der Waals surface area contributed by atoms with Gasteiger partial charge in [0.05, 0.1) is 11.6 Å². The van der Waals surface area contributed by atoms with Crippen molar-refractivity contribution in [3.63, 3.8) is 0 Å². The van der Waals surface area contributed by atoms with Crippen molar-refractivity contribution in [2.75, 3.05) is 12.0 Å². The van der Waals surface area contributed by atoms with Gasteiger partial charge in [0.25, 0.3) is 11.1 Å². The van der Waals surface area contributed by atoms with Crippen molar-refractivity contribution >= 4 is 34.7 Å². The molecule has 2 aromatic rings. The van der Waals surface area contributed by atoms with E-state index in [0.29, 0.717) is 10.6 Å². The quantitative estimate of drug-likeness (QED) is 0.864. The van der Waals surface area contributed by atoms with Gasteiger partial charge in [-0.05, 0) is 41.6 Å². The number of hydrogen-bond acceptors (Lipinski definition) is 4. The summed E-state index contributed by atoms with van der Waals surface area (Å²) >= 11 is 0.899. The van der Waals surface area contributed by atoms with Crippen molar-refractivity contribution in [3.8, 4) is 0 Å². The van der Waals surface area contributed by atoms with E-state index >= 15 is 0 Å². The van der Waals surface area contributed by atoms with Crippen LogP contribution in [0.3, 0.4) is 0 Å². The monoisotopic (exact) mass is 328 g/mol. The van der Waals surface area contributed by atoms with Gasteiger partial charge in [-0.1, -0.05) is 36.4 Å². The van der Waals surface area contributed by atoms with Crippen LogP contribution in [-0.4, -0.2) is 22.7 Å². The largest absolute Gasteiger partial charge is 0.367 e. The number of benzene rings is 2. The first-order valence-electron chi connectivity index (χ1n) is 6.93. The number of amides is 2. The SMILES string of the molecule is O=C1SC(=Cc2ccccc2)C(=O)N1CNc1cccc(F)c1. The minimum atomic E-state index is -0.381. The van der Waals surface area contributed by atoms with Crippen LogP contribution in [0.1, 0.15) is 5.56 Å². The number of imide groups is 1. The Morgan fingerprint density at radius 1 is 1.09 bits per heavy atom. The molecule has 1 fully saturated rings. The lowest BCUT2D eigenvalue weighted by atomic mass is 10.2. The molecule has 2 amide bonds. The molecule has 3 rings (SSSR count).